The Labute approximate surface area is 225 Å². The predicted molar refractivity (Wildman–Crippen MR) is 148 cm³/mol. The van der Waals surface area contributed by atoms with Gasteiger partial charge >= 0.3 is 0 Å². The molecular formula is C29H30FN5O2S. The predicted octanol–water partition coefficient (Wildman–Crippen LogP) is 4.92. The second-order valence-electron chi connectivity index (χ2n) is 9.23. The van der Waals surface area contributed by atoms with E-state index in [-0.39, 0.29) is 24.4 Å². The van der Waals surface area contributed by atoms with Crippen molar-refractivity contribution < 1.29 is 13.9 Å². The Morgan fingerprint density at radius 1 is 1.03 bits per heavy atom. The molecule has 0 saturated carbocycles. The lowest BCUT2D eigenvalue weighted by molar-refractivity contribution is -0.123. The van der Waals surface area contributed by atoms with Gasteiger partial charge in [0.05, 0.1) is 6.04 Å². The van der Waals surface area contributed by atoms with Crippen molar-refractivity contribution in [2.45, 2.75) is 19.5 Å². The maximum atomic E-state index is 13.5. The number of nitrogens with zero attached hydrogens (tertiary/aromatic N) is 4. The first-order valence-electron chi connectivity index (χ1n) is 12.6. The van der Waals surface area contributed by atoms with Crippen molar-refractivity contribution in [3.63, 3.8) is 0 Å². The van der Waals surface area contributed by atoms with E-state index in [0.717, 1.165) is 53.7 Å². The minimum absolute atomic E-state index is 0.0912. The van der Waals surface area contributed by atoms with E-state index in [1.807, 2.05) is 48.8 Å². The molecule has 4 aromatic rings. The van der Waals surface area contributed by atoms with Crippen LogP contribution in [-0.2, 0) is 11.3 Å². The molecule has 1 N–H and O–H groups in total. The molecule has 1 amide bonds. The van der Waals surface area contributed by atoms with E-state index in [0.29, 0.717) is 12.3 Å². The van der Waals surface area contributed by atoms with Gasteiger partial charge < -0.3 is 15.0 Å². The van der Waals surface area contributed by atoms with E-state index < -0.39 is 0 Å². The maximum absolute atomic E-state index is 13.5. The van der Waals surface area contributed by atoms with Crippen LogP contribution < -0.4 is 15.0 Å². The summed E-state index contributed by atoms with van der Waals surface area (Å²) < 4.78 is 19.5. The summed E-state index contributed by atoms with van der Waals surface area (Å²) in [5.74, 6) is 1.19. The summed E-state index contributed by atoms with van der Waals surface area (Å²) in [5.41, 5.74) is 2.88. The first-order chi connectivity index (χ1) is 18.5. The van der Waals surface area contributed by atoms with Crippen molar-refractivity contribution in [1.82, 2.24) is 20.2 Å². The fourth-order valence-electron chi connectivity index (χ4n) is 4.52. The number of ether oxygens (including phenoxy) is 1. The highest BCUT2D eigenvalue weighted by Gasteiger charge is 2.20. The molecule has 1 fully saturated rings. The highest BCUT2D eigenvalue weighted by Crippen LogP contribution is 2.29. The summed E-state index contributed by atoms with van der Waals surface area (Å²) in [6, 6.07) is 18.2. The number of carbonyl (C=O) groups excluding carboxylic acids is 1. The Kier molecular flexibility index (Phi) is 8.25. The number of halogens is 1. The number of hydrogen-bond acceptors (Lipinski definition) is 7. The maximum Gasteiger partial charge on any atom is 0.258 e. The molecule has 1 atom stereocenters. The van der Waals surface area contributed by atoms with Crippen LogP contribution in [0.3, 0.4) is 0 Å². The zero-order chi connectivity index (χ0) is 26.3. The molecule has 1 aliphatic rings. The zero-order valence-corrected chi connectivity index (χ0v) is 22.0. The van der Waals surface area contributed by atoms with Gasteiger partial charge in [-0.25, -0.2) is 14.4 Å². The van der Waals surface area contributed by atoms with Crippen molar-refractivity contribution in [3.8, 4) is 16.9 Å². The second kappa shape index (κ2) is 12.1. The molecule has 3 heterocycles. The third kappa shape index (κ3) is 6.54. The lowest BCUT2D eigenvalue weighted by Gasteiger charge is -2.35. The largest absolute Gasteiger partial charge is 0.483 e. The summed E-state index contributed by atoms with van der Waals surface area (Å²) in [7, 11) is 0. The normalized spacial score (nSPS) is 14.7. The van der Waals surface area contributed by atoms with Crippen LogP contribution in [-0.4, -0.2) is 53.6 Å². The molecule has 0 bridgehead atoms. The number of piperazine rings is 1. The van der Waals surface area contributed by atoms with Crippen LogP contribution in [0.5, 0.6) is 5.75 Å². The van der Waals surface area contributed by atoms with Crippen molar-refractivity contribution >= 4 is 23.1 Å². The van der Waals surface area contributed by atoms with Gasteiger partial charge in [-0.15, -0.1) is 11.3 Å². The molecule has 2 aromatic heterocycles. The molecule has 38 heavy (non-hydrogen) atoms. The van der Waals surface area contributed by atoms with Crippen molar-refractivity contribution in [1.29, 1.82) is 0 Å². The van der Waals surface area contributed by atoms with Gasteiger partial charge in [0, 0.05) is 56.1 Å². The summed E-state index contributed by atoms with van der Waals surface area (Å²) >= 11 is 1.51. The average molecular weight is 532 g/mol. The first kappa shape index (κ1) is 25.8. The molecular weight excluding hydrogens is 501 g/mol. The van der Waals surface area contributed by atoms with Crippen LogP contribution in [0.2, 0.25) is 0 Å². The molecule has 1 aliphatic heterocycles. The van der Waals surface area contributed by atoms with Crippen LogP contribution in [0.25, 0.3) is 11.1 Å². The molecule has 2 aromatic carbocycles. The lowest BCUT2D eigenvalue weighted by Crippen LogP contribution is -2.46. The molecule has 0 spiro atoms. The third-order valence-electron chi connectivity index (χ3n) is 6.54. The Morgan fingerprint density at radius 2 is 1.82 bits per heavy atom. The Hall–Kier alpha value is -3.82. The van der Waals surface area contributed by atoms with Gasteiger partial charge in [-0.05, 0) is 54.4 Å². The van der Waals surface area contributed by atoms with Crippen LogP contribution in [0, 0.1) is 5.82 Å². The van der Waals surface area contributed by atoms with Gasteiger partial charge in [0.25, 0.3) is 5.91 Å². The number of rotatable bonds is 9. The number of nitrogens with one attached hydrogen (secondary N) is 1. The van der Waals surface area contributed by atoms with Crippen molar-refractivity contribution in [2.75, 3.05) is 37.7 Å². The monoisotopic (exact) mass is 531 g/mol. The molecule has 7 nitrogen and oxygen atoms in total. The fraction of sp³-hybridized carbons (Fsp3) is 0.276. The van der Waals surface area contributed by atoms with Crippen molar-refractivity contribution in [3.05, 3.63) is 94.8 Å². The van der Waals surface area contributed by atoms with Crippen LogP contribution in [0.4, 0.5) is 10.2 Å². The smallest absolute Gasteiger partial charge is 0.258 e. The van der Waals surface area contributed by atoms with Crippen LogP contribution in [0.1, 0.15) is 23.5 Å². The highest BCUT2D eigenvalue weighted by molar-refractivity contribution is 7.09. The van der Waals surface area contributed by atoms with Gasteiger partial charge in [0.15, 0.2) is 6.61 Å². The number of hydrogen-bond donors (Lipinski definition) is 1. The fourth-order valence-corrected chi connectivity index (χ4v) is 5.16. The molecule has 9 heteroatoms. The third-order valence-corrected chi connectivity index (χ3v) is 7.49. The summed E-state index contributed by atoms with van der Waals surface area (Å²) in [5, 5.41) is 5.69. The summed E-state index contributed by atoms with van der Waals surface area (Å²) in [6.45, 7) is 6.00. The van der Waals surface area contributed by atoms with Gasteiger partial charge in [0.2, 0.25) is 0 Å². The van der Waals surface area contributed by atoms with E-state index in [9.17, 15) is 9.18 Å². The van der Waals surface area contributed by atoms with E-state index >= 15 is 0 Å². The standard InChI is InChI=1S/C29H30FN5O2S/c1-21(29-32-12-17-38-29)33-28(36)20-37-26-10-7-23(22-5-8-25(30)9-6-22)18-24(26)19-34-13-15-35(16-14-34)27-4-2-3-11-31-27/h2-12,17-18,21H,13-16,19-20H2,1H3,(H,33,36). The zero-order valence-electron chi connectivity index (χ0n) is 21.2. The molecule has 0 aliphatic carbocycles. The first-order valence-corrected chi connectivity index (χ1v) is 13.5. The van der Waals surface area contributed by atoms with Crippen LogP contribution in [0.15, 0.2) is 78.4 Å². The molecule has 0 radical (unpaired) electrons. The van der Waals surface area contributed by atoms with E-state index in [4.69, 9.17) is 4.74 Å². The number of amides is 1. The lowest BCUT2D eigenvalue weighted by atomic mass is 10.0. The molecule has 5 rings (SSSR count). The second-order valence-corrected chi connectivity index (χ2v) is 10.2. The number of aromatic nitrogens is 2. The van der Waals surface area contributed by atoms with Gasteiger partial charge in [-0.2, -0.15) is 0 Å². The minimum atomic E-state index is -0.266. The average Bonchev–Trinajstić information content (AvgIpc) is 3.49. The number of carbonyl (C=O) groups is 1. The quantitative estimate of drug-likeness (QED) is 0.331. The van der Waals surface area contributed by atoms with Gasteiger partial charge in [0.1, 0.15) is 22.4 Å². The molecule has 196 valence electrons. The number of benzene rings is 2. The Morgan fingerprint density at radius 3 is 2.53 bits per heavy atom. The number of pyridine rings is 1. The van der Waals surface area contributed by atoms with Gasteiger partial charge in [-0.1, -0.05) is 24.3 Å². The molecule has 1 unspecified atom stereocenters. The topological polar surface area (TPSA) is 70.6 Å². The Bertz CT molecular complexity index is 1330. The van der Waals surface area contributed by atoms with Gasteiger partial charge in [-0.3, -0.25) is 9.69 Å². The van der Waals surface area contributed by atoms with Crippen molar-refractivity contribution in [2.24, 2.45) is 0 Å². The van der Waals surface area contributed by atoms with Crippen LogP contribution >= 0.6 is 11.3 Å². The summed E-state index contributed by atoms with van der Waals surface area (Å²) in [6.07, 6.45) is 3.55. The van der Waals surface area contributed by atoms with E-state index in [1.165, 1.54) is 23.5 Å². The highest BCUT2D eigenvalue weighted by atomic mass is 32.1. The number of thiazole rings is 1. The minimum Gasteiger partial charge on any atom is -0.483 e. The number of anilines is 1. The van der Waals surface area contributed by atoms with E-state index in [1.54, 1.807) is 18.3 Å². The summed E-state index contributed by atoms with van der Waals surface area (Å²) in [4.78, 5) is 26.0. The molecule has 1 saturated heterocycles. The Balaban J connectivity index is 1.28. The van der Waals surface area contributed by atoms with E-state index in [2.05, 4.69) is 31.2 Å². The SMILES string of the molecule is CC(NC(=O)COc1ccc(-c2ccc(F)cc2)cc1CN1CCN(c2ccccn2)CC1)c1nccs1.